The van der Waals surface area contributed by atoms with E-state index in [-0.39, 0.29) is 12.3 Å². The molecule has 0 amide bonds. The lowest BCUT2D eigenvalue weighted by atomic mass is 9.43. The third kappa shape index (κ3) is 3.67. The molecule has 4 heterocycles. The van der Waals surface area contributed by atoms with Crippen molar-refractivity contribution in [2.24, 2.45) is 0 Å². The quantitative estimate of drug-likeness (QED) is 0.167. The summed E-state index contributed by atoms with van der Waals surface area (Å²) in [6.45, 7) is 4.74. The van der Waals surface area contributed by atoms with Gasteiger partial charge < -0.3 is 13.8 Å². The molecule has 8 aromatic carbocycles. The monoisotopic (exact) mass is 700 g/mol. The van der Waals surface area contributed by atoms with Crippen molar-refractivity contribution in [2.75, 3.05) is 4.81 Å². The highest BCUT2D eigenvalue weighted by Gasteiger charge is 2.46. The van der Waals surface area contributed by atoms with Gasteiger partial charge in [-0.05, 0) is 111 Å². The molecule has 0 saturated heterocycles. The summed E-state index contributed by atoms with van der Waals surface area (Å²) in [6, 6.07) is 60.8. The van der Waals surface area contributed by atoms with Crippen LogP contribution in [0.1, 0.15) is 25.0 Å². The Hall–Kier alpha value is -6.78. The van der Waals surface area contributed by atoms with Crippen LogP contribution < -0.4 is 15.7 Å². The topological polar surface area (TPSA) is 21.3 Å². The molecule has 55 heavy (non-hydrogen) atoms. The van der Waals surface area contributed by atoms with Crippen LogP contribution in [-0.4, -0.2) is 11.4 Å². The van der Waals surface area contributed by atoms with Crippen LogP contribution in [-0.2, 0) is 5.41 Å². The predicted molar refractivity (Wildman–Crippen MR) is 230 cm³/mol. The first-order valence-electron chi connectivity index (χ1n) is 19.3. The Kier molecular flexibility index (Phi) is 5.53. The van der Waals surface area contributed by atoms with Gasteiger partial charge in [-0.1, -0.05) is 117 Å². The Morgan fingerprint density at radius 2 is 1.24 bits per heavy atom. The molecule has 10 aromatic rings. The summed E-state index contributed by atoms with van der Waals surface area (Å²) in [5, 5.41) is 4.84. The summed E-state index contributed by atoms with van der Waals surface area (Å²) in [6.07, 6.45) is 0. The molecule has 0 unspecified atom stereocenters. The third-order valence-corrected chi connectivity index (χ3v) is 13.0. The van der Waals surface area contributed by atoms with Crippen molar-refractivity contribution < 1.29 is 4.42 Å². The van der Waals surface area contributed by atoms with Crippen LogP contribution in [0.25, 0.3) is 82.8 Å². The Labute approximate surface area is 318 Å². The highest BCUT2D eigenvalue weighted by atomic mass is 16.3. The molecule has 2 aromatic heterocycles. The smallest absolute Gasteiger partial charge is 0.333 e. The summed E-state index contributed by atoms with van der Waals surface area (Å²) in [7, 11) is 0. The molecule has 1 aliphatic carbocycles. The van der Waals surface area contributed by atoms with E-state index in [9.17, 15) is 0 Å². The molecule has 2 aliphatic heterocycles. The average molecular weight is 701 g/mol. The van der Waals surface area contributed by atoms with Gasteiger partial charge in [0, 0.05) is 49.6 Å². The number of benzene rings is 8. The van der Waals surface area contributed by atoms with Gasteiger partial charge in [-0.25, -0.2) is 0 Å². The number of fused-ring (bicyclic) bond motifs is 14. The Morgan fingerprint density at radius 1 is 0.509 bits per heavy atom. The largest absolute Gasteiger partial charge is 0.456 e. The van der Waals surface area contributed by atoms with E-state index in [4.69, 9.17) is 4.42 Å². The molecular formula is C51H33BN2O. The zero-order valence-electron chi connectivity index (χ0n) is 30.5. The van der Waals surface area contributed by atoms with E-state index in [2.05, 4.69) is 181 Å². The molecule has 0 atom stereocenters. The first kappa shape index (κ1) is 29.7. The number of rotatable bonds is 2. The van der Waals surface area contributed by atoms with Crippen molar-refractivity contribution in [3.8, 4) is 39.1 Å². The first-order valence-corrected chi connectivity index (χ1v) is 19.3. The van der Waals surface area contributed by atoms with Gasteiger partial charge in [0.25, 0.3) is 0 Å². The van der Waals surface area contributed by atoms with Crippen molar-refractivity contribution in [1.29, 1.82) is 0 Å². The van der Waals surface area contributed by atoms with Crippen LogP contribution in [0.4, 0.5) is 11.4 Å². The highest BCUT2D eigenvalue weighted by Crippen LogP contribution is 2.55. The molecule has 3 aliphatic rings. The highest BCUT2D eigenvalue weighted by molar-refractivity contribution is 6.93. The van der Waals surface area contributed by atoms with Gasteiger partial charge in [0.15, 0.2) is 0 Å². The predicted octanol–water partition coefficient (Wildman–Crippen LogP) is 11.9. The van der Waals surface area contributed by atoms with E-state index < -0.39 is 0 Å². The maximum absolute atomic E-state index is 6.52. The molecule has 256 valence electrons. The van der Waals surface area contributed by atoms with Crippen LogP contribution in [0.15, 0.2) is 168 Å². The van der Waals surface area contributed by atoms with Gasteiger partial charge in [-0.15, -0.1) is 0 Å². The van der Waals surface area contributed by atoms with Crippen molar-refractivity contribution in [1.82, 2.24) is 4.57 Å². The molecule has 0 spiro atoms. The van der Waals surface area contributed by atoms with Gasteiger partial charge in [-0.2, -0.15) is 0 Å². The maximum Gasteiger partial charge on any atom is 0.333 e. The molecule has 0 saturated carbocycles. The summed E-state index contributed by atoms with van der Waals surface area (Å²) >= 11 is 0. The lowest BCUT2D eigenvalue weighted by Crippen LogP contribution is -2.60. The number of aromatic nitrogens is 1. The fourth-order valence-electron chi connectivity index (χ4n) is 10.6. The van der Waals surface area contributed by atoms with Gasteiger partial charge in [0.05, 0.1) is 11.0 Å². The van der Waals surface area contributed by atoms with E-state index in [0.717, 1.165) is 27.5 Å². The van der Waals surface area contributed by atoms with E-state index in [1.165, 1.54) is 88.7 Å². The van der Waals surface area contributed by atoms with Crippen molar-refractivity contribution in [3.05, 3.63) is 175 Å². The standard InChI is InChI=1S/C51H33BN2O/c1-51(2)40-19-9-6-16-32(40)37-28-38-39-27-36(30-24-25-34-33-17-8-13-23-46(33)55-47(34)26-30)48-35-18-7-11-21-43(35)53-44-22-12-10-20-42(44)52(49(39)50(48)53)54(45(38)29-41(37)51)31-14-4-3-5-15-31/h3-29H,1-2H3. The molecule has 4 heteroatoms. The van der Waals surface area contributed by atoms with Crippen molar-refractivity contribution in [3.63, 3.8) is 0 Å². The van der Waals surface area contributed by atoms with Gasteiger partial charge >= 0.3 is 6.85 Å². The summed E-state index contributed by atoms with van der Waals surface area (Å²) in [5.41, 5.74) is 21.0. The van der Waals surface area contributed by atoms with Gasteiger partial charge in [-0.3, -0.25) is 0 Å². The van der Waals surface area contributed by atoms with E-state index in [1.807, 2.05) is 6.07 Å². The number of anilines is 2. The Bertz CT molecular complexity index is 3310. The fourth-order valence-corrected chi connectivity index (χ4v) is 10.6. The second kappa shape index (κ2) is 10.2. The number of hydrogen-bond acceptors (Lipinski definition) is 2. The zero-order chi connectivity index (χ0) is 36.2. The first-order chi connectivity index (χ1) is 27.1. The fraction of sp³-hybridized carbons (Fsp3) is 0.0588. The minimum atomic E-state index is -0.127. The normalized spacial score (nSPS) is 14.4. The van der Waals surface area contributed by atoms with Crippen LogP contribution in [0.3, 0.4) is 0 Å². The van der Waals surface area contributed by atoms with Crippen LogP contribution in [0.5, 0.6) is 0 Å². The van der Waals surface area contributed by atoms with Crippen molar-refractivity contribution in [2.45, 2.75) is 19.3 Å². The molecule has 13 rings (SSSR count). The average Bonchev–Trinajstić information content (AvgIpc) is 3.85. The molecule has 0 radical (unpaired) electrons. The van der Waals surface area contributed by atoms with Gasteiger partial charge in [0.1, 0.15) is 11.2 Å². The number of furan rings is 1. The third-order valence-electron chi connectivity index (χ3n) is 13.0. The molecule has 0 fully saturated rings. The molecule has 0 bridgehead atoms. The minimum absolute atomic E-state index is 0.0303. The summed E-state index contributed by atoms with van der Waals surface area (Å²) in [5.74, 6) is 0. The van der Waals surface area contributed by atoms with Crippen molar-refractivity contribution >= 4 is 72.9 Å². The van der Waals surface area contributed by atoms with E-state index in [1.54, 1.807) is 0 Å². The molecular weight excluding hydrogens is 667 g/mol. The summed E-state index contributed by atoms with van der Waals surface area (Å²) < 4.78 is 9.07. The number of para-hydroxylation sites is 4. The number of nitrogens with zero attached hydrogens (tertiary/aromatic N) is 2. The van der Waals surface area contributed by atoms with E-state index >= 15 is 0 Å². The van der Waals surface area contributed by atoms with Crippen LogP contribution in [0.2, 0.25) is 0 Å². The Morgan fingerprint density at radius 3 is 2.15 bits per heavy atom. The SMILES string of the molecule is CC1(C)c2ccccc2-c2cc3c(cc21)N(c1ccccc1)B1c2ccccc2-n2c4ccccc4c4c(-c5ccc6c(c5)oc5ccccc56)cc-3c1c42. The van der Waals surface area contributed by atoms with Crippen LogP contribution >= 0.6 is 0 Å². The minimum Gasteiger partial charge on any atom is -0.456 e. The van der Waals surface area contributed by atoms with E-state index in [0.29, 0.717) is 0 Å². The molecule has 0 N–H and O–H groups in total. The number of hydrogen-bond donors (Lipinski definition) is 0. The Balaban J connectivity index is 1.22. The lowest BCUT2D eigenvalue weighted by molar-refractivity contribution is 0.660. The van der Waals surface area contributed by atoms with Crippen LogP contribution in [0, 0.1) is 0 Å². The lowest BCUT2D eigenvalue weighted by Gasteiger charge is -2.42. The second-order valence-electron chi connectivity index (χ2n) is 16.0. The molecule has 3 nitrogen and oxygen atoms in total. The maximum atomic E-state index is 6.52. The second-order valence-corrected chi connectivity index (χ2v) is 16.0. The summed E-state index contributed by atoms with van der Waals surface area (Å²) in [4.78, 5) is 2.64. The van der Waals surface area contributed by atoms with Gasteiger partial charge in [0.2, 0.25) is 0 Å². The zero-order valence-corrected chi connectivity index (χ0v) is 30.5.